The van der Waals surface area contributed by atoms with Crippen molar-refractivity contribution in [3.05, 3.63) is 76.0 Å². The topological polar surface area (TPSA) is 72.7 Å². The van der Waals surface area contributed by atoms with Gasteiger partial charge < -0.3 is 9.88 Å². The van der Waals surface area contributed by atoms with Crippen LogP contribution in [0.2, 0.25) is 0 Å². The zero-order chi connectivity index (χ0) is 22.6. The van der Waals surface area contributed by atoms with E-state index in [0.717, 1.165) is 70.1 Å². The molecule has 1 N–H and O–H groups in total. The lowest BCUT2D eigenvalue weighted by molar-refractivity contribution is 0.102. The summed E-state index contributed by atoms with van der Waals surface area (Å²) < 4.78 is 2.22. The number of nitrogens with zero attached hydrogens (tertiary/aromatic N) is 4. The Morgan fingerprint density at radius 1 is 1.12 bits per heavy atom. The van der Waals surface area contributed by atoms with Gasteiger partial charge in [0.1, 0.15) is 5.82 Å². The van der Waals surface area contributed by atoms with Gasteiger partial charge in [0.05, 0.1) is 10.7 Å². The average Bonchev–Trinajstić information content (AvgIpc) is 3.36. The Kier molecular flexibility index (Phi) is 6.55. The summed E-state index contributed by atoms with van der Waals surface area (Å²) >= 11 is 3.39. The number of rotatable bonds is 6. The monoisotopic (exact) mass is 475 g/mol. The van der Waals surface area contributed by atoms with Crippen molar-refractivity contribution < 1.29 is 4.79 Å². The molecule has 0 saturated carbocycles. The third kappa shape index (κ3) is 5.17. The number of amides is 1. The highest BCUT2D eigenvalue weighted by Crippen LogP contribution is 2.26. The van der Waals surface area contributed by atoms with Crippen molar-refractivity contribution in [3.63, 3.8) is 0 Å². The van der Waals surface area contributed by atoms with Crippen molar-refractivity contribution in [3.8, 4) is 11.4 Å². The lowest BCUT2D eigenvalue weighted by Crippen LogP contribution is -2.11. The first kappa shape index (κ1) is 21.9. The maximum atomic E-state index is 12.8. The number of anilines is 1. The van der Waals surface area contributed by atoms with Crippen molar-refractivity contribution in [1.82, 2.24) is 19.7 Å². The van der Waals surface area contributed by atoms with Crippen LogP contribution < -0.4 is 5.32 Å². The molecule has 0 bridgehead atoms. The van der Waals surface area contributed by atoms with E-state index in [1.807, 2.05) is 55.5 Å². The molecule has 1 aliphatic heterocycles. The fraction of sp³-hybridized carbons (Fsp3) is 0.280. The highest BCUT2D eigenvalue weighted by molar-refractivity contribution is 7.98. The summed E-state index contributed by atoms with van der Waals surface area (Å²) in [6.07, 6.45) is 4.50. The first-order valence-electron chi connectivity index (χ1n) is 11.1. The van der Waals surface area contributed by atoms with Gasteiger partial charge in [0, 0.05) is 45.8 Å². The number of nitrogens with one attached hydrogen (secondary N) is 1. The van der Waals surface area contributed by atoms with Crippen molar-refractivity contribution in [2.24, 2.45) is 0 Å². The highest BCUT2D eigenvalue weighted by Gasteiger charge is 2.16. The number of hydrogen-bond acceptors (Lipinski definition) is 6. The molecule has 168 valence electrons. The zero-order valence-corrected chi connectivity index (χ0v) is 20.1. The molecule has 5 rings (SSSR count). The smallest absolute Gasteiger partial charge is 0.255 e. The van der Waals surface area contributed by atoms with Crippen LogP contribution in [0.1, 0.15) is 46.1 Å². The lowest BCUT2D eigenvalue weighted by Gasteiger charge is -2.10. The number of thioether (sulfide) groups is 1. The summed E-state index contributed by atoms with van der Waals surface area (Å²) in [4.78, 5) is 18.4. The molecule has 3 heterocycles. The van der Waals surface area contributed by atoms with Gasteiger partial charge in [0.2, 0.25) is 0 Å². The number of benzene rings is 2. The molecule has 0 saturated heterocycles. The van der Waals surface area contributed by atoms with E-state index in [0.29, 0.717) is 5.56 Å². The molecule has 1 aliphatic rings. The SMILES string of the molecule is Cc1nc(CSc2ccc(C(=O)Nc3cccc(-c4nnc5n4CCCCC5)c3)cc2)cs1. The van der Waals surface area contributed by atoms with Gasteiger partial charge in [0.15, 0.2) is 5.82 Å². The van der Waals surface area contributed by atoms with Crippen LogP contribution in [0, 0.1) is 6.92 Å². The normalized spacial score (nSPS) is 13.4. The third-order valence-corrected chi connectivity index (χ3v) is 7.53. The van der Waals surface area contributed by atoms with E-state index in [2.05, 4.69) is 30.4 Å². The molecule has 0 radical (unpaired) electrons. The molecule has 2 aromatic carbocycles. The van der Waals surface area contributed by atoms with Crippen LogP contribution >= 0.6 is 23.1 Å². The van der Waals surface area contributed by atoms with E-state index >= 15 is 0 Å². The summed E-state index contributed by atoms with van der Waals surface area (Å²) in [6.45, 7) is 2.96. The Bertz CT molecular complexity index is 1260. The predicted molar refractivity (Wildman–Crippen MR) is 134 cm³/mol. The van der Waals surface area contributed by atoms with Gasteiger partial charge in [-0.15, -0.1) is 33.3 Å². The molecule has 4 aromatic rings. The second kappa shape index (κ2) is 9.89. The largest absolute Gasteiger partial charge is 0.322 e. The van der Waals surface area contributed by atoms with Gasteiger partial charge in [-0.05, 0) is 56.2 Å². The van der Waals surface area contributed by atoms with Crippen LogP contribution in [0.25, 0.3) is 11.4 Å². The number of aryl methyl sites for hydroxylation is 2. The van der Waals surface area contributed by atoms with E-state index in [-0.39, 0.29) is 5.91 Å². The maximum absolute atomic E-state index is 12.8. The van der Waals surface area contributed by atoms with E-state index < -0.39 is 0 Å². The Morgan fingerprint density at radius 2 is 2.00 bits per heavy atom. The molecular weight excluding hydrogens is 450 g/mol. The number of aromatic nitrogens is 4. The fourth-order valence-corrected chi connectivity index (χ4v) is 5.48. The van der Waals surface area contributed by atoms with Crippen LogP contribution in [-0.4, -0.2) is 25.7 Å². The molecule has 33 heavy (non-hydrogen) atoms. The van der Waals surface area contributed by atoms with Gasteiger partial charge in [-0.25, -0.2) is 4.98 Å². The highest BCUT2D eigenvalue weighted by atomic mass is 32.2. The third-order valence-electron chi connectivity index (χ3n) is 5.66. The first-order chi connectivity index (χ1) is 16.2. The molecule has 6 nitrogen and oxygen atoms in total. The van der Waals surface area contributed by atoms with Gasteiger partial charge in [-0.3, -0.25) is 4.79 Å². The zero-order valence-electron chi connectivity index (χ0n) is 18.5. The van der Waals surface area contributed by atoms with Crippen LogP contribution in [0.3, 0.4) is 0 Å². The van der Waals surface area contributed by atoms with E-state index in [1.165, 1.54) is 6.42 Å². The predicted octanol–water partition coefficient (Wildman–Crippen LogP) is 5.98. The van der Waals surface area contributed by atoms with Gasteiger partial charge in [0.25, 0.3) is 5.91 Å². The van der Waals surface area contributed by atoms with Gasteiger partial charge in [-0.2, -0.15) is 0 Å². The minimum Gasteiger partial charge on any atom is -0.322 e. The molecule has 0 spiro atoms. The number of carbonyl (C=O) groups is 1. The molecule has 1 amide bonds. The summed E-state index contributed by atoms with van der Waals surface area (Å²) in [7, 11) is 0. The van der Waals surface area contributed by atoms with E-state index in [9.17, 15) is 4.79 Å². The average molecular weight is 476 g/mol. The number of thiazole rings is 1. The minimum atomic E-state index is -0.126. The number of carbonyl (C=O) groups excluding carboxylic acids is 1. The van der Waals surface area contributed by atoms with Gasteiger partial charge in [-0.1, -0.05) is 18.6 Å². The lowest BCUT2D eigenvalue weighted by atomic mass is 10.1. The first-order valence-corrected chi connectivity index (χ1v) is 13.0. The summed E-state index contributed by atoms with van der Waals surface area (Å²) in [5.41, 5.74) is 3.44. The Balaban J connectivity index is 1.25. The molecule has 0 aliphatic carbocycles. The Labute approximate surface area is 201 Å². The van der Waals surface area contributed by atoms with E-state index in [1.54, 1.807) is 23.1 Å². The van der Waals surface area contributed by atoms with Crippen molar-refractivity contribution >= 4 is 34.7 Å². The summed E-state index contributed by atoms with van der Waals surface area (Å²) in [6, 6.07) is 15.6. The maximum Gasteiger partial charge on any atom is 0.255 e. The molecule has 2 aromatic heterocycles. The fourth-order valence-electron chi connectivity index (χ4n) is 3.97. The number of hydrogen-bond donors (Lipinski definition) is 1. The second-order valence-corrected chi connectivity index (χ2v) is 10.2. The standard InChI is InChI=1S/C25H25N5OS2/c1-17-26-21(15-32-17)16-33-22-11-9-18(10-12-22)25(31)27-20-7-5-6-19(14-20)24-29-28-23-8-3-2-4-13-30(23)24/h5-7,9-12,14-15H,2-4,8,13,16H2,1H3,(H,27,31). The molecule has 0 fully saturated rings. The van der Waals surface area contributed by atoms with Crippen LogP contribution in [0.15, 0.2) is 58.8 Å². The van der Waals surface area contributed by atoms with Crippen LogP contribution in [0.4, 0.5) is 5.69 Å². The van der Waals surface area contributed by atoms with Crippen molar-refractivity contribution in [2.45, 2.75) is 49.8 Å². The van der Waals surface area contributed by atoms with Crippen LogP contribution in [-0.2, 0) is 18.7 Å². The van der Waals surface area contributed by atoms with Crippen LogP contribution in [0.5, 0.6) is 0 Å². The molecule has 8 heteroatoms. The molecular formula is C25H25N5OS2. The quantitative estimate of drug-likeness (QED) is 0.347. The minimum absolute atomic E-state index is 0.126. The van der Waals surface area contributed by atoms with Gasteiger partial charge >= 0.3 is 0 Å². The van der Waals surface area contributed by atoms with E-state index in [4.69, 9.17) is 0 Å². The number of fused-ring (bicyclic) bond motifs is 1. The van der Waals surface area contributed by atoms with Crippen molar-refractivity contribution in [2.75, 3.05) is 5.32 Å². The second-order valence-electron chi connectivity index (χ2n) is 8.11. The Hall–Kier alpha value is -2.97. The summed E-state index contributed by atoms with van der Waals surface area (Å²) in [5.74, 6) is 2.63. The Morgan fingerprint density at radius 3 is 2.82 bits per heavy atom. The van der Waals surface area contributed by atoms with Crippen molar-refractivity contribution in [1.29, 1.82) is 0 Å². The molecule has 0 unspecified atom stereocenters. The summed E-state index contributed by atoms with van der Waals surface area (Å²) in [5, 5.41) is 15.0. The molecule has 0 atom stereocenters.